The summed E-state index contributed by atoms with van der Waals surface area (Å²) in [6, 6.07) is 2.73. The van der Waals surface area contributed by atoms with Gasteiger partial charge in [-0.1, -0.05) is 34.1 Å². The molecule has 2 atom stereocenters. The predicted octanol–water partition coefficient (Wildman–Crippen LogP) is 3.94. The third kappa shape index (κ3) is 4.34. The Kier molecular flexibility index (Phi) is 7.14. The van der Waals surface area contributed by atoms with Crippen LogP contribution in [0.5, 0.6) is 0 Å². The number of aryl methyl sites for hydroxylation is 2. The Morgan fingerprint density at radius 2 is 1.95 bits per heavy atom. The molecule has 0 aromatic carbocycles. The average Bonchev–Trinajstić information content (AvgIpc) is 2.83. The fourth-order valence-corrected chi connectivity index (χ4v) is 2.68. The molecule has 0 saturated heterocycles. The van der Waals surface area contributed by atoms with Crippen molar-refractivity contribution in [3.8, 4) is 0 Å². The molecule has 0 spiro atoms. The number of aromatic nitrogens is 2. The highest BCUT2D eigenvalue weighted by Gasteiger charge is 2.22. The molecule has 0 saturated carbocycles. The monoisotopic (exact) mass is 265 g/mol. The van der Waals surface area contributed by atoms with Crippen molar-refractivity contribution in [1.82, 2.24) is 15.1 Å². The van der Waals surface area contributed by atoms with Crippen LogP contribution in [-0.2, 0) is 13.0 Å². The minimum Gasteiger partial charge on any atom is -0.308 e. The Morgan fingerprint density at radius 1 is 1.21 bits per heavy atom. The topological polar surface area (TPSA) is 29.9 Å². The largest absolute Gasteiger partial charge is 0.308 e. The first-order valence-corrected chi connectivity index (χ1v) is 7.97. The first kappa shape index (κ1) is 16.2. The molecule has 0 bridgehead atoms. The van der Waals surface area contributed by atoms with E-state index in [1.54, 1.807) is 0 Å². The van der Waals surface area contributed by atoms with Crippen LogP contribution in [0.2, 0.25) is 0 Å². The van der Waals surface area contributed by atoms with Crippen LogP contribution in [0, 0.1) is 5.92 Å². The summed E-state index contributed by atoms with van der Waals surface area (Å²) >= 11 is 0. The molecule has 0 fully saturated rings. The van der Waals surface area contributed by atoms with E-state index in [4.69, 9.17) is 5.10 Å². The summed E-state index contributed by atoms with van der Waals surface area (Å²) in [5.74, 6) is 0.656. The van der Waals surface area contributed by atoms with Crippen LogP contribution in [0.3, 0.4) is 0 Å². The van der Waals surface area contributed by atoms with Crippen molar-refractivity contribution in [2.75, 3.05) is 6.54 Å². The fraction of sp³-hybridized carbons (Fsp3) is 0.812. The summed E-state index contributed by atoms with van der Waals surface area (Å²) in [5, 5.41) is 8.42. The van der Waals surface area contributed by atoms with Crippen LogP contribution in [0.4, 0.5) is 0 Å². The van der Waals surface area contributed by atoms with Gasteiger partial charge < -0.3 is 5.32 Å². The predicted molar refractivity (Wildman–Crippen MR) is 82.4 cm³/mol. The van der Waals surface area contributed by atoms with E-state index in [0.29, 0.717) is 12.0 Å². The molecule has 1 N–H and O–H groups in total. The molecule has 1 heterocycles. The van der Waals surface area contributed by atoms with Gasteiger partial charge in [0.2, 0.25) is 0 Å². The van der Waals surface area contributed by atoms with Gasteiger partial charge in [-0.25, -0.2) is 0 Å². The minimum atomic E-state index is 0.438. The van der Waals surface area contributed by atoms with Gasteiger partial charge in [-0.3, -0.25) is 4.68 Å². The molecular weight excluding hydrogens is 234 g/mol. The van der Waals surface area contributed by atoms with Crippen LogP contribution in [0.15, 0.2) is 6.07 Å². The summed E-state index contributed by atoms with van der Waals surface area (Å²) in [6.07, 6.45) is 4.70. The lowest BCUT2D eigenvalue weighted by molar-refractivity contribution is 0.343. The van der Waals surface area contributed by atoms with E-state index >= 15 is 0 Å². The lowest BCUT2D eigenvalue weighted by Gasteiger charge is -2.25. The number of hydrogen-bond donors (Lipinski definition) is 1. The van der Waals surface area contributed by atoms with Gasteiger partial charge in [0.1, 0.15) is 0 Å². The maximum Gasteiger partial charge on any atom is 0.0625 e. The van der Waals surface area contributed by atoms with Gasteiger partial charge in [0.15, 0.2) is 0 Å². The highest BCUT2D eigenvalue weighted by molar-refractivity contribution is 5.15. The van der Waals surface area contributed by atoms with Crippen LogP contribution in [0.1, 0.15) is 71.3 Å². The second-order valence-electron chi connectivity index (χ2n) is 5.43. The van der Waals surface area contributed by atoms with E-state index in [1.165, 1.54) is 30.7 Å². The van der Waals surface area contributed by atoms with Gasteiger partial charge in [-0.05, 0) is 44.7 Å². The van der Waals surface area contributed by atoms with Crippen molar-refractivity contribution < 1.29 is 0 Å². The normalized spacial score (nSPS) is 14.6. The highest BCUT2D eigenvalue weighted by Crippen LogP contribution is 2.26. The van der Waals surface area contributed by atoms with E-state index in [2.05, 4.69) is 50.7 Å². The molecule has 0 radical (unpaired) electrons. The van der Waals surface area contributed by atoms with Crippen LogP contribution in [0.25, 0.3) is 0 Å². The standard InChI is InChI=1S/C16H31N3/c1-6-10-13(5)16(17-11-7-2)15-12-14(8-3)18-19(15)9-4/h12-13,16-17H,6-11H2,1-5H3. The first-order chi connectivity index (χ1) is 9.17. The number of hydrogen-bond acceptors (Lipinski definition) is 2. The van der Waals surface area contributed by atoms with Crippen molar-refractivity contribution >= 4 is 0 Å². The Labute approximate surface area is 118 Å². The van der Waals surface area contributed by atoms with Crippen molar-refractivity contribution in [3.63, 3.8) is 0 Å². The second kappa shape index (κ2) is 8.36. The summed E-state index contributed by atoms with van der Waals surface area (Å²) in [5.41, 5.74) is 2.58. The van der Waals surface area contributed by atoms with Crippen LogP contribution in [-0.4, -0.2) is 16.3 Å². The summed E-state index contributed by atoms with van der Waals surface area (Å²) in [6.45, 7) is 13.2. The van der Waals surface area contributed by atoms with E-state index in [0.717, 1.165) is 19.5 Å². The molecular formula is C16H31N3. The van der Waals surface area contributed by atoms with E-state index in [1.807, 2.05) is 0 Å². The lowest BCUT2D eigenvalue weighted by atomic mass is 9.93. The van der Waals surface area contributed by atoms with E-state index in [9.17, 15) is 0 Å². The van der Waals surface area contributed by atoms with Crippen molar-refractivity contribution in [2.24, 2.45) is 5.92 Å². The van der Waals surface area contributed by atoms with Gasteiger partial charge in [0, 0.05) is 6.54 Å². The summed E-state index contributed by atoms with van der Waals surface area (Å²) in [4.78, 5) is 0. The molecule has 3 nitrogen and oxygen atoms in total. The Hall–Kier alpha value is -0.830. The molecule has 0 amide bonds. The maximum absolute atomic E-state index is 4.70. The number of rotatable bonds is 9. The summed E-state index contributed by atoms with van der Waals surface area (Å²) < 4.78 is 2.18. The molecule has 0 aliphatic heterocycles. The van der Waals surface area contributed by atoms with Crippen molar-refractivity contribution in [3.05, 3.63) is 17.5 Å². The molecule has 2 unspecified atom stereocenters. The molecule has 19 heavy (non-hydrogen) atoms. The molecule has 3 heteroatoms. The molecule has 0 aliphatic rings. The lowest BCUT2D eigenvalue weighted by Crippen LogP contribution is -2.29. The van der Waals surface area contributed by atoms with Crippen molar-refractivity contribution in [1.29, 1.82) is 0 Å². The van der Waals surface area contributed by atoms with E-state index < -0.39 is 0 Å². The van der Waals surface area contributed by atoms with Gasteiger partial charge in [-0.2, -0.15) is 5.10 Å². The van der Waals surface area contributed by atoms with Crippen LogP contribution >= 0.6 is 0 Å². The number of nitrogens with one attached hydrogen (secondary N) is 1. The molecule has 1 aromatic rings. The van der Waals surface area contributed by atoms with Gasteiger partial charge in [0.05, 0.1) is 17.4 Å². The summed E-state index contributed by atoms with van der Waals surface area (Å²) in [7, 11) is 0. The molecule has 0 aliphatic carbocycles. The van der Waals surface area contributed by atoms with Gasteiger partial charge in [-0.15, -0.1) is 0 Å². The van der Waals surface area contributed by atoms with Gasteiger partial charge in [0.25, 0.3) is 0 Å². The Balaban J connectivity index is 2.97. The Bertz CT molecular complexity index is 357. The zero-order chi connectivity index (χ0) is 14.3. The second-order valence-corrected chi connectivity index (χ2v) is 5.43. The molecule has 110 valence electrons. The smallest absolute Gasteiger partial charge is 0.0625 e. The van der Waals surface area contributed by atoms with Crippen LogP contribution < -0.4 is 5.32 Å². The van der Waals surface area contributed by atoms with Gasteiger partial charge >= 0.3 is 0 Å². The maximum atomic E-state index is 4.70. The minimum absolute atomic E-state index is 0.438. The number of nitrogens with zero attached hydrogens (tertiary/aromatic N) is 2. The first-order valence-electron chi connectivity index (χ1n) is 7.97. The third-order valence-corrected chi connectivity index (χ3v) is 3.77. The quantitative estimate of drug-likeness (QED) is 0.733. The zero-order valence-corrected chi connectivity index (χ0v) is 13.4. The average molecular weight is 265 g/mol. The SMILES string of the molecule is CCCNC(c1cc(CC)nn1CC)C(C)CCC. The fourth-order valence-electron chi connectivity index (χ4n) is 2.68. The third-order valence-electron chi connectivity index (χ3n) is 3.77. The zero-order valence-electron chi connectivity index (χ0n) is 13.4. The highest BCUT2D eigenvalue weighted by atomic mass is 15.3. The molecule has 1 rings (SSSR count). The van der Waals surface area contributed by atoms with E-state index in [-0.39, 0.29) is 0 Å². The molecule has 1 aromatic heterocycles. The van der Waals surface area contributed by atoms with Crippen molar-refractivity contribution in [2.45, 2.75) is 72.9 Å². The Morgan fingerprint density at radius 3 is 2.47 bits per heavy atom.